The highest BCUT2D eigenvalue weighted by atomic mass is 16.7. The summed E-state index contributed by atoms with van der Waals surface area (Å²) in [6.45, 7) is 1.85. The third kappa shape index (κ3) is 4.47. The molecule has 1 amide bonds. The first-order valence-electron chi connectivity index (χ1n) is 11.2. The van der Waals surface area contributed by atoms with E-state index in [2.05, 4.69) is 0 Å². The number of amides is 1. The van der Waals surface area contributed by atoms with E-state index in [-0.39, 0.29) is 23.7 Å². The van der Waals surface area contributed by atoms with Gasteiger partial charge in [0.1, 0.15) is 5.75 Å². The number of piperidine rings is 1. The van der Waals surface area contributed by atoms with E-state index in [0.29, 0.717) is 19.7 Å². The zero-order chi connectivity index (χ0) is 22.8. The molecule has 0 bridgehead atoms. The van der Waals surface area contributed by atoms with Crippen LogP contribution in [0.1, 0.15) is 39.1 Å². The van der Waals surface area contributed by atoms with E-state index < -0.39 is 5.97 Å². The normalized spacial score (nSPS) is 18.3. The van der Waals surface area contributed by atoms with Gasteiger partial charge in [0.05, 0.1) is 12.2 Å². The number of carboxylic acids is 1. The molecule has 0 aliphatic carbocycles. The third-order valence-electron chi connectivity index (χ3n) is 6.40. The number of rotatable bonds is 4. The summed E-state index contributed by atoms with van der Waals surface area (Å²) in [7, 11) is 0. The Labute approximate surface area is 192 Å². The predicted molar refractivity (Wildman–Crippen MR) is 123 cm³/mol. The van der Waals surface area contributed by atoms with Crippen molar-refractivity contribution in [2.24, 2.45) is 5.92 Å². The Morgan fingerprint density at radius 3 is 2.24 bits per heavy atom. The summed E-state index contributed by atoms with van der Waals surface area (Å²) in [5.41, 5.74) is 3.90. The largest absolute Gasteiger partial charge is 0.478 e. The number of benzene rings is 3. The van der Waals surface area contributed by atoms with Gasteiger partial charge in [-0.1, -0.05) is 36.4 Å². The maximum absolute atomic E-state index is 12.7. The Balaban J connectivity index is 1.21. The number of hydrogen-bond donors (Lipinski definition) is 1. The highest BCUT2D eigenvalue weighted by Gasteiger charge is 2.33. The van der Waals surface area contributed by atoms with Crippen LogP contribution in [0, 0.1) is 5.92 Å². The van der Waals surface area contributed by atoms with Crippen molar-refractivity contribution < 1.29 is 24.2 Å². The van der Waals surface area contributed by atoms with Crippen molar-refractivity contribution in [2.45, 2.75) is 25.7 Å². The van der Waals surface area contributed by atoms with Gasteiger partial charge in [-0.25, -0.2) is 4.79 Å². The van der Waals surface area contributed by atoms with Crippen molar-refractivity contribution in [2.75, 3.05) is 13.1 Å². The van der Waals surface area contributed by atoms with Gasteiger partial charge in [0, 0.05) is 30.1 Å². The molecule has 5 rings (SSSR count). The Morgan fingerprint density at radius 1 is 0.848 bits per heavy atom. The number of fused-ring (bicyclic) bond motifs is 1. The molecule has 1 N–H and O–H groups in total. The summed E-state index contributed by atoms with van der Waals surface area (Å²) < 4.78 is 12.3. The summed E-state index contributed by atoms with van der Waals surface area (Å²) in [4.78, 5) is 25.7. The van der Waals surface area contributed by atoms with Gasteiger partial charge in [0.2, 0.25) is 6.29 Å². The molecule has 2 aliphatic heterocycles. The van der Waals surface area contributed by atoms with Crippen LogP contribution in [0.25, 0.3) is 11.1 Å². The first-order chi connectivity index (χ1) is 16.1. The van der Waals surface area contributed by atoms with Crippen molar-refractivity contribution in [3.8, 4) is 16.9 Å². The molecule has 0 aromatic heterocycles. The minimum absolute atomic E-state index is 0.0776. The van der Waals surface area contributed by atoms with E-state index in [1.165, 1.54) is 0 Å². The van der Waals surface area contributed by atoms with Gasteiger partial charge < -0.3 is 19.5 Å². The molecule has 3 aromatic carbocycles. The molecule has 1 unspecified atom stereocenters. The molecule has 2 heterocycles. The van der Waals surface area contributed by atoms with Crippen molar-refractivity contribution in [3.63, 3.8) is 0 Å². The number of nitrogens with zero attached hydrogens (tertiary/aromatic N) is 1. The van der Waals surface area contributed by atoms with Crippen molar-refractivity contribution in [3.05, 3.63) is 89.5 Å². The summed E-state index contributed by atoms with van der Waals surface area (Å²) in [5.74, 6) is 0.199. The van der Waals surface area contributed by atoms with E-state index in [1.54, 1.807) is 12.1 Å². The molecule has 3 aromatic rings. The summed E-state index contributed by atoms with van der Waals surface area (Å²) >= 11 is 0. The molecule has 6 nitrogen and oxygen atoms in total. The number of carboxylic acid groups (broad SMARTS) is 1. The molecule has 1 saturated heterocycles. The minimum Gasteiger partial charge on any atom is -0.478 e. The first kappa shape index (κ1) is 21.2. The second-order valence-electron chi connectivity index (χ2n) is 8.50. The number of ether oxygens (including phenoxy) is 2. The average molecular weight is 443 g/mol. The molecular weight excluding hydrogens is 418 g/mol. The third-order valence-corrected chi connectivity index (χ3v) is 6.40. The van der Waals surface area contributed by atoms with Gasteiger partial charge in [0.15, 0.2) is 0 Å². The second-order valence-corrected chi connectivity index (χ2v) is 8.50. The van der Waals surface area contributed by atoms with Gasteiger partial charge in [-0.15, -0.1) is 0 Å². The lowest BCUT2D eigenvalue weighted by atomic mass is 9.94. The monoisotopic (exact) mass is 443 g/mol. The predicted octanol–water partition coefficient (Wildman–Crippen LogP) is 4.84. The fourth-order valence-corrected chi connectivity index (χ4v) is 4.49. The Bertz CT molecular complexity index is 1150. The van der Waals surface area contributed by atoms with Gasteiger partial charge in [-0.05, 0) is 60.4 Å². The van der Waals surface area contributed by atoms with Crippen LogP contribution < -0.4 is 4.74 Å². The quantitative estimate of drug-likeness (QED) is 0.625. The molecule has 6 heteroatoms. The van der Waals surface area contributed by atoms with E-state index >= 15 is 0 Å². The molecule has 168 valence electrons. The highest BCUT2D eigenvalue weighted by Crippen LogP contribution is 2.35. The summed E-state index contributed by atoms with van der Waals surface area (Å²) in [5, 5.41) is 9.08. The van der Waals surface area contributed by atoms with E-state index in [0.717, 1.165) is 40.8 Å². The lowest BCUT2D eigenvalue weighted by Crippen LogP contribution is -2.44. The number of carbonyl (C=O) groups is 2. The molecule has 1 atom stereocenters. The lowest BCUT2D eigenvalue weighted by molar-refractivity contribution is -0.148. The van der Waals surface area contributed by atoms with E-state index in [4.69, 9.17) is 14.6 Å². The SMILES string of the molecule is O=C(O)c1ccc(-c2ccc3c(c2)COC(C2CCN(C(=O)c4ccccc4)CC2)O3)cc1. The van der Waals surface area contributed by atoms with Gasteiger partial charge in [0.25, 0.3) is 5.91 Å². The number of likely N-dealkylation sites (tertiary alicyclic amines) is 1. The molecule has 0 radical (unpaired) electrons. The second kappa shape index (κ2) is 9.08. The Kier molecular flexibility index (Phi) is 5.84. The zero-order valence-corrected chi connectivity index (χ0v) is 18.1. The van der Waals surface area contributed by atoms with Crippen LogP contribution in [0.3, 0.4) is 0 Å². The van der Waals surface area contributed by atoms with Crippen molar-refractivity contribution >= 4 is 11.9 Å². The standard InChI is InChI=1S/C27H25NO5/c29-25(19-4-2-1-3-5-19)28-14-12-21(13-15-28)27-32-17-23-16-22(10-11-24(23)33-27)18-6-8-20(9-7-18)26(30)31/h1-11,16,21,27H,12-15,17H2,(H,30,31). The van der Waals surface area contributed by atoms with Crippen LogP contribution in [0.15, 0.2) is 72.8 Å². The topological polar surface area (TPSA) is 76.1 Å². The molecular formula is C27H25NO5. The Morgan fingerprint density at radius 2 is 1.55 bits per heavy atom. The molecule has 33 heavy (non-hydrogen) atoms. The smallest absolute Gasteiger partial charge is 0.335 e. The Hall–Kier alpha value is -3.64. The maximum atomic E-state index is 12.7. The first-order valence-corrected chi connectivity index (χ1v) is 11.2. The van der Waals surface area contributed by atoms with Gasteiger partial charge in [-0.2, -0.15) is 0 Å². The van der Waals surface area contributed by atoms with Crippen LogP contribution in [-0.2, 0) is 11.3 Å². The molecule has 1 fully saturated rings. The van der Waals surface area contributed by atoms with E-state index in [1.807, 2.05) is 65.6 Å². The number of hydrogen-bond acceptors (Lipinski definition) is 4. The average Bonchev–Trinajstić information content (AvgIpc) is 2.88. The molecule has 2 aliphatic rings. The minimum atomic E-state index is -0.935. The number of aromatic carboxylic acids is 1. The van der Waals surface area contributed by atoms with E-state index in [9.17, 15) is 9.59 Å². The van der Waals surface area contributed by atoms with Crippen LogP contribution >= 0.6 is 0 Å². The van der Waals surface area contributed by atoms with Crippen LogP contribution in [0.4, 0.5) is 0 Å². The summed E-state index contributed by atoms with van der Waals surface area (Å²) in [6, 6.07) is 22.2. The summed E-state index contributed by atoms with van der Waals surface area (Å²) in [6.07, 6.45) is 1.37. The fourth-order valence-electron chi connectivity index (χ4n) is 4.49. The maximum Gasteiger partial charge on any atom is 0.335 e. The number of carbonyl (C=O) groups excluding carboxylic acids is 1. The van der Waals surface area contributed by atoms with Gasteiger partial charge in [-0.3, -0.25) is 4.79 Å². The van der Waals surface area contributed by atoms with Crippen LogP contribution in [0.5, 0.6) is 5.75 Å². The zero-order valence-electron chi connectivity index (χ0n) is 18.1. The molecule has 0 spiro atoms. The highest BCUT2D eigenvalue weighted by molar-refractivity contribution is 5.94. The van der Waals surface area contributed by atoms with Crippen molar-refractivity contribution in [1.82, 2.24) is 4.90 Å². The lowest BCUT2D eigenvalue weighted by Gasteiger charge is -2.37. The van der Waals surface area contributed by atoms with Crippen molar-refractivity contribution in [1.29, 1.82) is 0 Å². The molecule has 0 saturated carbocycles. The van der Waals surface area contributed by atoms with Crippen LogP contribution in [0.2, 0.25) is 0 Å². The fraction of sp³-hybridized carbons (Fsp3) is 0.259. The van der Waals surface area contributed by atoms with Crippen LogP contribution in [-0.4, -0.2) is 41.3 Å². The van der Waals surface area contributed by atoms with Gasteiger partial charge >= 0.3 is 5.97 Å².